The van der Waals surface area contributed by atoms with E-state index in [9.17, 15) is 9.59 Å². The second-order valence-corrected chi connectivity index (χ2v) is 5.49. The van der Waals surface area contributed by atoms with Gasteiger partial charge in [-0.05, 0) is 68.3 Å². The van der Waals surface area contributed by atoms with Crippen molar-refractivity contribution in [3.05, 3.63) is 59.2 Å². The summed E-state index contributed by atoms with van der Waals surface area (Å²) in [5, 5.41) is 0. The van der Waals surface area contributed by atoms with Crippen LogP contribution in [0.15, 0.2) is 42.5 Å². The van der Waals surface area contributed by atoms with Crippen molar-refractivity contribution in [3.8, 4) is 11.5 Å². The lowest BCUT2D eigenvalue weighted by molar-refractivity contribution is -0.123. The van der Waals surface area contributed by atoms with Gasteiger partial charge in [0.05, 0.1) is 6.61 Å². The molecule has 6 heteroatoms. The van der Waals surface area contributed by atoms with E-state index in [0.717, 1.165) is 11.1 Å². The van der Waals surface area contributed by atoms with Gasteiger partial charge >= 0.3 is 0 Å². The molecule has 2 N–H and O–H groups in total. The van der Waals surface area contributed by atoms with E-state index in [1.54, 1.807) is 30.3 Å². The lowest BCUT2D eigenvalue weighted by atomic mass is 10.1. The SMILES string of the molecule is CCOc1ccc(C(=O)NNC(=O)COc2ccc(C)c(C)c2)cc1. The number of hydrogen-bond donors (Lipinski definition) is 2. The molecule has 0 bridgehead atoms. The fourth-order valence-corrected chi connectivity index (χ4v) is 2.06. The highest BCUT2D eigenvalue weighted by molar-refractivity contribution is 5.95. The number of amides is 2. The first kappa shape index (κ1) is 18.3. The van der Waals surface area contributed by atoms with Crippen LogP contribution in [-0.4, -0.2) is 25.0 Å². The molecule has 2 aromatic carbocycles. The Kier molecular flexibility index (Phi) is 6.39. The van der Waals surface area contributed by atoms with Crippen LogP contribution in [0.1, 0.15) is 28.4 Å². The quantitative estimate of drug-likeness (QED) is 0.791. The van der Waals surface area contributed by atoms with Crippen LogP contribution in [0, 0.1) is 13.8 Å². The lowest BCUT2D eigenvalue weighted by Gasteiger charge is -2.10. The molecule has 0 unspecified atom stereocenters. The number of hydrazine groups is 1. The third-order valence-electron chi connectivity index (χ3n) is 3.59. The molecule has 0 aliphatic carbocycles. The summed E-state index contributed by atoms with van der Waals surface area (Å²) in [4.78, 5) is 23.7. The van der Waals surface area contributed by atoms with Crippen LogP contribution in [-0.2, 0) is 4.79 Å². The van der Waals surface area contributed by atoms with E-state index in [1.165, 1.54) is 0 Å². The first-order chi connectivity index (χ1) is 12.0. The second kappa shape index (κ2) is 8.73. The van der Waals surface area contributed by atoms with Crippen molar-refractivity contribution >= 4 is 11.8 Å². The van der Waals surface area contributed by atoms with Gasteiger partial charge in [0.2, 0.25) is 0 Å². The van der Waals surface area contributed by atoms with Crippen LogP contribution < -0.4 is 20.3 Å². The largest absolute Gasteiger partial charge is 0.494 e. The Labute approximate surface area is 147 Å². The van der Waals surface area contributed by atoms with Gasteiger partial charge in [0.15, 0.2) is 6.61 Å². The van der Waals surface area contributed by atoms with Gasteiger partial charge in [-0.3, -0.25) is 20.4 Å². The molecule has 0 spiro atoms. The first-order valence-electron chi connectivity index (χ1n) is 8.01. The van der Waals surface area contributed by atoms with Crippen molar-refractivity contribution in [3.63, 3.8) is 0 Å². The molecule has 2 amide bonds. The van der Waals surface area contributed by atoms with Crippen LogP contribution in [0.4, 0.5) is 0 Å². The van der Waals surface area contributed by atoms with Gasteiger partial charge in [-0.1, -0.05) is 6.07 Å². The minimum Gasteiger partial charge on any atom is -0.494 e. The molecule has 0 aliphatic rings. The normalized spacial score (nSPS) is 10.0. The Morgan fingerprint density at radius 2 is 1.56 bits per heavy atom. The Hall–Kier alpha value is -3.02. The molecule has 2 rings (SSSR count). The van der Waals surface area contributed by atoms with E-state index in [1.807, 2.05) is 32.9 Å². The highest BCUT2D eigenvalue weighted by atomic mass is 16.5. The summed E-state index contributed by atoms with van der Waals surface area (Å²) in [5.74, 6) is 0.432. The summed E-state index contributed by atoms with van der Waals surface area (Å²) in [5.41, 5.74) is 7.32. The van der Waals surface area contributed by atoms with E-state index in [4.69, 9.17) is 9.47 Å². The summed E-state index contributed by atoms with van der Waals surface area (Å²) >= 11 is 0. The molecule has 0 atom stereocenters. The number of nitrogens with one attached hydrogen (secondary N) is 2. The Morgan fingerprint density at radius 3 is 2.20 bits per heavy atom. The van der Waals surface area contributed by atoms with E-state index < -0.39 is 11.8 Å². The van der Waals surface area contributed by atoms with Crippen molar-refractivity contribution < 1.29 is 19.1 Å². The molecule has 0 saturated carbocycles. The van der Waals surface area contributed by atoms with Gasteiger partial charge in [-0.25, -0.2) is 0 Å². The smallest absolute Gasteiger partial charge is 0.276 e. The highest BCUT2D eigenvalue weighted by Gasteiger charge is 2.08. The fraction of sp³-hybridized carbons (Fsp3) is 0.263. The Balaban J connectivity index is 1.78. The molecule has 0 aliphatic heterocycles. The molecule has 6 nitrogen and oxygen atoms in total. The van der Waals surface area contributed by atoms with Crippen molar-refractivity contribution in [1.29, 1.82) is 0 Å². The summed E-state index contributed by atoms with van der Waals surface area (Å²) < 4.78 is 10.7. The van der Waals surface area contributed by atoms with Gasteiger partial charge in [0.25, 0.3) is 11.8 Å². The zero-order valence-corrected chi connectivity index (χ0v) is 14.6. The average molecular weight is 342 g/mol. The maximum Gasteiger partial charge on any atom is 0.276 e. The second-order valence-electron chi connectivity index (χ2n) is 5.49. The summed E-state index contributed by atoms with van der Waals surface area (Å²) in [6.07, 6.45) is 0. The maximum atomic E-state index is 12.0. The van der Waals surface area contributed by atoms with Gasteiger partial charge in [-0.2, -0.15) is 0 Å². The monoisotopic (exact) mass is 342 g/mol. The summed E-state index contributed by atoms with van der Waals surface area (Å²) in [7, 11) is 0. The number of carbonyl (C=O) groups is 2. The Bertz CT molecular complexity index is 742. The molecule has 132 valence electrons. The molecule has 25 heavy (non-hydrogen) atoms. The minimum atomic E-state index is -0.447. The molecular weight excluding hydrogens is 320 g/mol. The van der Waals surface area contributed by atoms with Crippen molar-refractivity contribution in [2.75, 3.05) is 13.2 Å². The molecule has 0 saturated heterocycles. The fourth-order valence-electron chi connectivity index (χ4n) is 2.06. The predicted octanol–water partition coefficient (Wildman–Crippen LogP) is 2.54. The number of carbonyl (C=O) groups excluding carboxylic acids is 2. The molecule has 0 fully saturated rings. The number of hydrogen-bond acceptors (Lipinski definition) is 4. The third-order valence-corrected chi connectivity index (χ3v) is 3.59. The van der Waals surface area contributed by atoms with Gasteiger partial charge < -0.3 is 9.47 Å². The van der Waals surface area contributed by atoms with Crippen LogP contribution in [0.25, 0.3) is 0 Å². The number of ether oxygens (including phenoxy) is 2. The van der Waals surface area contributed by atoms with Crippen molar-refractivity contribution in [2.45, 2.75) is 20.8 Å². The van der Waals surface area contributed by atoms with Gasteiger partial charge in [0, 0.05) is 5.56 Å². The number of benzene rings is 2. The minimum absolute atomic E-state index is 0.188. The van der Waals surface area contributed by atoms with Crippen LogP contribution in [0.5, 0.6) is 11.5 Å². The van der Waals surface area contributed by atoms with Gasteiger partial charge in [0.1, 0.15) is 11.5 Å². The molecular formula is C19H22N2O4. The van der Waals surface area contributed by atoms with Crippen LogP contribution in [0.3, 0.4) is 0 Å². The topological polar surface area (TPSA) is 76.7 Å². The van der Waals surface area contributed by atoms with Crippen LogP contribution >= 0.6 is 0 Å². The number of aryl methyl sites for hydroxylation is 2. The lowest BCUT2D eigenvalue weighted by Crippen LogP contribution is -2.43. The first-order valence-corrected chi connectivity index (χ1v) is 8.01. The zero-order valence-electron chi connectivity index (χ0n) is 14.6. The third kappa shape index (κ3) is 5.53. The van der Waals surface area contributed by atoms with E-state index in [-0.39, 0.29) is 6.61 Å². The van der Waals surface area contributed by atoms with Crippen molar-refractivity contribution in [1.82, 2.24) is 10.9 Å². The van der Waals surface area contributed by atoms with E-state index in [0.29, 0.717) is 23.7 Å². The predicted molar refractivity (Wildman–Crippen MR) is 94.6 cm³/mol. The standard InChI is InChI=1S/C19H22N2O4/c1-4-24-16-9-6-15(7-10-16)19(23)21-20-18(22)12-25-17-8-5-13(2)14(3)11-17/h5-11H,4,12H2,1-3H3,(H,20,22)(H,21,23). The number of rotatable bonds is 6. The summed E-state index contributed by atoms with van der Waals surface area (Å²) in [6.45, 7) is 6.23. The molecule has 0 radical (unpaired) electrons. The highest BCUT2D eigenvalue weighted by Crippen LogP contribution is 2.16. The van der Waals surface area contributed by atoms with Crippen molar-refractivity contribution in [2.24, 2.45) is 0 Å². The Morgan fingerprint density at radius 1 is 0.880 bits per heavy atom. The van der Waals surface area contributed by atoms with E-state index in [2.05, 4.69) is 10.9 Å². The zero-order chi connectivity index (χ0) is 18.2. The average Bonchev–Trinajstić information content (AvgIpc) is 2.61. The van der Waals surface area contributed by atoms with E-state index >= 15 is 0 Å². The van der Waals surface area contributed by atoms with Crippen LogP contribution in [0.2, 0.25) is 0 Å². The summed E-state index contributed by atoms with van der Waals surface area (Å²) in [6, 6.07) is 12.2. The molecule has 0 aromatic heterocycles. The molecule has 0 heterocycles. The maximum absolute atomic E-state index is 12.0. The molecule has 2 aromatic rings. The van der Waals surface area contributed by atoms with Gasteiger partial charge in [-0.15, -0.1) is 0 Å².